The van der Waals surface area contributed by atoms with Gasteiger partial charge >= 0.3 is 0 Å². The van der Waals surface area contributed by atoms with E-state index < -0.39 is 0 Å². The van der Waals surface area contributed by atoms with Crippen molar-refractivity contribution in [1.82, 2.24) is 14.9 Å². The van der Waals surface area contributed by atoms with Gasteiger partial charge in [0.05, 0.1) is 24.3 Å². The number of hydrogen-bond acceptors (Lipinski definition) is 3. The highest BCUT2D eigenvalue weighted by Gasteiger charge is 2.39. The minimum atomic E-state index is -0.183. The lowest BCUT2D eigenvalue weighted by Crippen LogP contribution is -2.43. The van der Waals surface area contributed by atoms with Crippen molar-refractivity contribution < 1.29 is 9.13 Å². The van der Waals surface area contributed by atoms with Gasteiger partial charge in [-0.05, 0) is 24.1 Å². The van der Waals surface area contributed by atoms with Gasteiger partial charge in [0.2, 0.25) is 0 Å². The molecule has 0 amide bonds. The topological polar surface area (TPSA) is 41.2 Å². The fourth-order valence-corrected chi connectivity index (χ4v) is 3.69. The zero-order valence-electron chi connectivity index (χ0n) is 12.5. The molecule has 22 heavy (non-hydrogen) atoms. The molecule has 4 rings (SSSR count). The van der Waals surface area contributed by atoms with Crippen LogP contribution >= 0.6 is 0 Å². The first kappa shape index (κ1) is 13.9. The van der Waals surface area contributed by atoms with Crippen LogP contribution in [0.4, 0.5) is 4.39 Å². The Morgan fingerprint density at radius 1 is 1.32 bits per heavy atom. The van der Waals surface area contributed by atoms with E-state index >= 15 is 0 Å². The Labute approximate surface area is 129 Å². The number of benzene rings is 1. The molecule has 4 nitrogen and oxygen atoms in total. The molecule has 1 aromatic carbocycles. The van der Waals surface area contributed by atoms with Gasteiger partial charge in [0.25, 0.3) is 0 Å². The predicted octanol–water partition coefficient (Wildman–Crippen LogP) is 2.27. The SMILES string of the molecule is Fc1ccc([C@@]2(CN3CCc4nc[nH]c4C3)CCOC2)cc1. The van der Waals surface area contributed by atoms with Crippen LogP contribution in [0.2, 0.25) is 0 Å². The molecule has 0 unspecified atom stereocenters. The Kier molecular flexibility index (Phi) is 3.47. The number of ether oxygens (including phenoxy) is 1. The van der Waals surface area contributed by atoms with Crippen molar-refractivity contribution >= 4 is 0 Å². The smallest absolute Gasteiger partial charge is 0.123 e. The van der Waals surface area contributed by atoms with Crippen LogP contribution < -0.4 is 0 Å². The largest absolute Gasteiger partial charge is 0.380 e. The number of imidazole rings is 1. The first-order valence-corrected chi connectivity index (χ1v) is 7.82. The summed E-state index contributed by atoms with van der Waals surface area (Å²) in [5, 5.41) is 0. The lowest BCUT2D eigenvalue weighted by Gasteiger charge is -2.36. The number of fused-ring (bicyclic) bond motifs is 1. The Bertz CT molecular complexity index is 646. The molecule has 0 aliphatic carbocycles. The normalized spacial score (nSPS) is 25.3. The van der Waals surface area contributed by atoms with Crippen molar-refractivity contribution in [1.29, 1.82) is 0 Å². The second kappa shape index (κ2) is 5.48. The first-order chi connectivity index (χ1) is 10.8. The van der Waals surface area contributed by atoms with Gasteiger partial charge < -0.3 is 9.72 Å². The van der Waals surface area contributed by atoms with E-state index in [9.17, 15) is 4.39 Å². The van der Waals surface area contributed by atoms with Crippen LogP contribution in [-0.2, 0) is 23.1 Å². The van der Waals surface area contributed by atoms with E-state index in [4.69, 9.17) is 4.74 Å². The van der Waals surface area contributed by atoms with Gasteiger partial charge in [0.15, 0.2) is 0 Å². The molecule has 116 valence electrons. The maximum absolute atomic E-state index is 13.2. The van der Waals surface area contributed by atoms with Crippen LogP contribution in [0.25, 0.3) is 0 Å². The molecule has 0 saturated carbocycles. The molecule has 1 aromatic heterocycles. The summed E-state index contributed by atoms with van der Waals surface area (Å²) in [4.78, 5) is 10.1. The summed E-state index contributed by atoms with van der Waals surface area (Å²) in [6.45, 7) is 4.35. The summed E-state index contributed by atoms with van der Waals surface area (Å²) in [5.74, 6) is -0.183. The van der Waals surface area contributed by atoms with Crippen LogP contribution in [-0.4, -0.2) is 41.2 Å². The van der Waals surface area contributed by atoms with E-state index in [1.807, 2.05) is 12.1 Å². The lowest BCUT2D eigenvalue weighted by atomic mass is 9.79. The fraction of sp³-hybridized carbons (Fsp3) is 0.471. The van der Waals surface area contributed by atoms with Crippen molar-refractivity contribution in [3.8, 4) is 0 Å². The van der Waals surface area contributed by atoms with E-state index in [1.165, 1.54) is 17.0 Å². The maximum atomic E-state index is 13.2. The predicted molar refractivity (Wildman–Crippen MR) is 81.1 cm³/mol. The molecule has 2 aliphatic heterocycles. The Morgan fingerprint density at radius 2 is 2.18 bits per heavy atom. The van der Waals surface area contributed by atoms with Gasteiger partial charge in [-0.2, -0.15) is 0 Å². The van der Waals surface area contributed by atoms with Gasteiger partial charge in [-0.25, -0.2) is 9.37 Å². The van der Waals surface area contributed by atoms with Crippen molar-refractivity contribution in [2.45, 2.75) is 24.8 Å². The van der Waals surface area contributed by atoms with Gasteiger partial charge in [0, 0.05) is 38.1 Å². The van der Waals surface area contributed by atoms with Crippen molar-refractivity contribution in [2.24, 2.45) is 0 Å². The number of aromatic amines is 1. The van der Waals surface area contributed by atoms with Crippen LogP contribution in [0.1, 0.15) is 23.4 Å². The average Bonchev–Trinajstić information content (AvgIpc) is 3.17. The van der Waals surface area contributed by atoms with E-state index in [0.29, 0.717) is 6.61 Å². The molecule has 2 aliphatic rings. The molecule has 1 saturated heterocycles. The Morgan fingerprint density at radius 3 is 2.95 bits per heavy atom. The zero-order chi connectivity index (χ0) is 15.0. The fourth-order valence-electron chi connectivity index (χ4n) is 3.69. The second-order valence-corrected chi connectivity index (χ2v) is 6.38. The number of nitrogens with zero attached hydrogens (tertiary/aromatic N) is 2. The van der Waals surface area contributed by atoms with Crippen molar-refractivity contribution in [3.63, 3.8) is 0 Å². The van der Waals surface area contributed by atoms with Crippen LogP contribution in [0.15, 0.2) is 30.6 Å². The molecule has 1 atom stereocenters. The molecule has 0 spiro atoms. The summed E-state index contributed by atoms with van der Waals surface area (Å²) in [7, 11) is 0. The average molecular weight is 301 g/mol. The minimum Gasteiger partial charge on any atom is -0.380 e. The number of H-pyrrole nitrogens is 1. The van der Waals surface area contributed by atoms with E-state index in [2.05, 4.69) is 14.9 Å². The van der Waals surface area contributed by atoms with E-state index in [-0.39, 0.29) is 11.2 Å². The third-order valence-electron chi connectivity index (χ3n) is 4.94. The summed E-state index contributed by atoms with van der Waals surface area (Å²) >= 11 is 0. The molecule has 2 aromatic rings. The minimum absolute atomic E-state index is 0.0226. The third kappa shape index (κ3) is 2.44. The van der Waals surface area contributed by atoms with Gasteiger partial charge in [-0.15, -0.1) is 0 Å². The highest BCUT2D eigenvalue weighted by atomic mass is 19.1. The summed E-state index contributed by atoms with van der Waals surface area (Å²) in [5.41, 5.74) is 3.57. The van der Waals surface area contributed by atoms with Gasteiger partial charge in [-0.3, -0.25) is 4.90 Å². The number of aromatic nitrogens is 2. The number of nitrogens with one attached hydrogen (secondary N) is 1. The Hall–Kier alpha value is -1.72. The molecule has 3 heterocycles. The van der Waals surface area contributed by atoms with Crippen molar-refractivity contribution in [3.05, 3.63) is 53.4 Å². The molecule has 0 bridgehead atoms. The van der Waals surface area contributed by atoms with Crippen molar-refractivity contribution in [2.75, 3.05) is 26.3 Å². The number of hydrogen-bond donors (Lipinski definition) is 1. The number of rotatable bonds is 3. The molecular formula is C17H20FN3O. The first-order valence-electron chi connectivity index (χ1n) is 7.82. The van der Waals surface area contributed by atoms with Gasteiger partial charge in [0.1, 0.15) is 5.82 Å². The lowest BCUT2D eigenvalue weighted by molar-refractivity contribution is 0.143. The summed E-state index contributed by atoms with van der Waals surface area (Å²) in [6.07, 6.45) is 3.76. The molecular weight excluding hydrogens is 281 g/mol. The van der Waals surface area contributed by atoms with Gasteiger partial charge in [-0.1, -0.05) is 12.1 Å². The highest BCUT2D eigenvalue weighted by molar-refractivity contribution is 5.28. The monoisotopic (exact) mass is 301 g/mol. The maximum Gasteiger partial charge on any atom is 0.123 e. The molecule has 1 fully saturated rings. The van der Waals surface area contributed by atoms with Crippen LogP contribution in [0.3, 0.4) is 0 Å². The Balaban J connectivity index is 1.57. The van der Waals surface area contributed by atoms with E-state index in [1.54, 1.807) is 18.5 Å². The summed E-state index contributed by atoms with van der Waals surface area (Å²) < 4.78 is 18.9. The highest BCUT2D eigenvalue weighted by Crippen LogP contribution is 2.35. The van der Waals surface area contributed by atoms with Crippen LogP contribution in [0.5, 0.6) is 0 Å². The number of halogens is 1. The standard InChI is InChI=1S/C17H20FN3O/c18-14-3-1-13(2-4-14)17(6-8-22-11-17)10-21-7-5-15-16(9-21)20-12-19-15/h1-4,12H,5-11H2,(H,19,20)/t17-/m1/s1. The molecule has 1 N–H and O–H groups in total. The summed E-state index contributed by atoms with van der Waals surface area (Å²) in [6, 6.07) is 6.93. The molecule has 5 heteroatoms. The second-order valence-electron chi connectivity index (χ2n) is 6.38. The van der Waals surface area contributed by atoms with Crippen LogP contribution in [0, 0.1) is 5.82 Å². The quantitative estimate of drug-likeness (QED) is 0.945. The zero-order valence-corrected chi connectivity index (χ0v) is 12.5. The van der Waals surface area contributed by atoms with E-state index in [0.717, 1.165) is 39.1 Å². The third-order valence-corrected chi connectivity index (χ3v) is 4.94. The molecule has 0 radical (unpaired) electrons.